The maximum absolute atomic E-state index is 12.6. The van der Waals surface area contributed by atoms with Crippen LogP contribution in [0.25, 0.3) is 0 Å². The van der Waals surface area contributed by atoms with Crippen molar-refractivity contribution in [2.45, 2.75) is 19.0 Å². The molecular weight excluding hydrogens is 285 g/mol. The van der Waals surface area contributed by atoms with Crippen LogP contribution in [0.1, 0.15) is 23.2 Å². The molecule has 0 aliphatic carbocycles. The monoisotopic (exact) mass is 302 g/mol. The molecule has 1 heterocycles. The molecule has 116 valence electrons. The Bertz CT molecular complexity index is 523. The summed E-state index contributed by atoms with van der Waals surface area (Å²) in [5.74, 6) is -1.16. The molecule has 0 saturated carbocycles. The summed E-state index contributed by atoms with van der Waals surface area (Å²) in [6, 6.07) is 4.62. The predicted molar refractivity (Wildman–Crippen MR) is 72.1 cm³/mol. The number of hydrogen-bond acceptors (Lipinski definition) is 3. The molecule has 4 nitrogen and oxygen atoms in total. The third-order valence-electron chi connectivity index (χ3n) is 3.72. The van der Waals surface area contributed by atoms with Crippen LogP contribution in [0.2, 0.25) is 0 Å². The first-order valence-electron chi connectivity index (χ1n) is 6.62. The van der Waals surface area contributed by atoms with Crippen LogP contribution in [-0.2, 0) is 0 Å². The van der Waals surface area contributed by atoms with Gasteiger partial charge in [-0.25, -0.2) is 0 Å². The first-order valence-corrected chi connectivity index (χ1v) is 6.62. The van der Waals surface area contributed by atoms with Gasteiger partial charge in [-0.15, -0.1) is 0 Å². The van der Waals surface area contributed by atoms with Crippen molar-refractivity contribution in [3.63, 3.8) is 0 Å². The number of benzene rings is 1. The minimum absolute atomic E-state index is 0.0547. The molecule has 7 heteroatoms. The summed E-state index contributed by atoms with van der Waals surface area (Å²) in [6.45, 7) is 0.212. The van der Waals surface area contributed by atoms with E-state index in [0.29, 0.717) is 17.0 Å². The quantitative estimate of drug-likeness (QED) is 0.855. The highest BCUT2D eigenvalue weighted by Crippen LogP contribution is 2.34. The minimum atomic E-state index is -4.18. The Morgan fingerprint density at radius 1 is 1.33 bits per heavy atom. The molecule has 2 N–H and O–H groups in total. The van der Waals surface area contributed by atoms with Crippen molar-refractivity contribution in [2.24, 2.45) is 5.92 Å². The Morgan fingerprint density at radius 2 is 1.95 bits per heavy atom. The van der Waals surface area contributed by atoms with E-state index in [1.54, 1.807) is 12.1 Å². The molecule has 0 aromatic heterocycles. The highest BCUT2D eigenvalue weighted by molar-refractivity contribution is 5.95. The summed E-state index contributed by atoms with van der Waals surface area (Å²) in [5.41, 5.74) is 6.42. The van der Waals surface area contributed by atoms with Gasteiger partial charge in [0.05, 0.1) is 18.7 Å². The number of alkyl halides is 3. The molecule has 2 rings (SSSR count). The van der Waals surface area contributed by atoms with E-state index >= 15 is 0 Å². The predicted octanol–water partition coefficient (Wildman–Crippen LogP) is 2.69. The number of amides is 1. The molecule has 21 heavy (non-hydrogen) atoms. The van der Waals surface area contributed by atoms with E-state index in [2.05, 4.69) is 0 Å². The molecule has 0 unspecified atom stereocenters. The Morgan fingerprint density at radius 3 is 2.43 bits per heavy atom. The maximum atomic E-state index is 12.6. The van der Waals surface area contributed by atoms with Crippen molar-refractivity contribution in [3.8, 4) is 5.75 Å². The fraction of sp³-hybridized carbons (Fsp3) is 0.500. The number of carbonyl (C=O) groups is 1. The van der Waals surface area contributed by atoms with Crippen molar-refractivity contribution in [1.29, 1.82) is 0 Å². The lowest BCUT2D eigenvalue weighted by Crippen LogP contribution is -2.42. The molecule has 1 fully saturated rings. The number of hydrogen-bond donors (Lipinski definition) is 1. The first-order chi connectivity index (χ1) is 9.82. The molecule has 1 aromatic rings. The normalized spacial score (nSPS) is 16.9. The topological polar surface area (TPSA) is 55.6 Å². The summed E-state index contributed by atoms with van der Waals surface area (Å²) < 4.78 is 42.8. The number of nitrogen functional groups attached to an aromatic ring is 1. The van der Waals surface area contributed by atoms with Crippen LogP contribution in [0.5, 0.6) is 5.75 Å². The molecule has 1 saturated heterocycles. The van der Waals surface area contributed by atoms with E-state index in [4.69, 9.17) is 10.5 Å². The highest BCUT2D eigenvalue weighted by Gasteiger charge is 2.41. The molecule has 1 aromatic carbocycles. The fourth-order valence-electron chi connectivity index (χ4n) is 2.46. The van der Waals surface area contributed by atoms with Gasteiger partial charge < -0.3 is 15.4 Å². The van der Waals surface area contributed by atoms with Crippen LogP contribution < -0.4 is 10.5 Å². The van der Waals surface area contributed by atoms with E-state index in [9.17, 15) is 18.0 Å². The van der Waals surface area contributed by atoms with Gasteiger partial charge in [0, 0.05) is 18.7 Å². The van der Waals surface area contributed by atoms with Crippen molar-refractivity contribution >= 4 is 11.6 Å². The van der Waals surface area contributed by atoms with Crippen LogP contribution in [0.4, 0.5) is 18.9 Å². The van der Waals surface area contributed by atoms with Crippen molar-refractivity contribution in [1.82, 2.24) is 4.90 Å². The van der Waals surface area contributed by atoms with Crippen LogP contribution in [0.15, 0.2) is 18.2 Å². The van der Waals surface area contributed by atoms with Crippen molar-refractivity contribution < 1.29 is 22.7 Å². The summed E-state index contributed by atoms with van der Waals surface area (Å²) in [5, 5.41) is 0. The number of anilines is 1. The smallest absolute Gasteiger partial charge is 0.391 e. The molecule has 1 amide bonds. The maximum Gasteiger partial charge on any atom is 0.391 e. The van der Waals surface area contributed by atoms with Gasteiger partial charge in [0.1, 0.15) is 5.75 Å². The van der Waals surface area contributed by atoms with Gasteiger partial charge in [0.2, 0.25) is 0 Å². The van der Waals surface area contributed by atoms with Gasteiger partial charge in [-0.3, -0.25) is 4.79 Å². The summed E-state index contributed by atoms with van der Waals surface area (Å²) in [7, 11) is 1.47. The van der Waals surface area contributed by atoms with Crippen LogP contribution in [0.3, 0.4) is 0 Å². The van der Waals surface area contributed by atoms with Gasteiger partial charge in [-0.1, -0.05) is 0 Å². The van der Waals surface area contributed by atoms with Gasteiger partial charge in [-0.05, 0) is 31.0 Å². The van der Waals surface area contributed by atoms with Crippen LogP contribution in [0, 0.1) is 5.92 Å². The van der Waals surface area contributed by atoms with Gasteiger partial charge in [0.25, 0.3) is 5.91 Å². The zero-order chi connectivity index (χ0) is 15.6. The number of rotatable bonds is 2. The van der Waals surface area contributed by atoms with E-state index < -0.39 is 12.1 Å². The molecule has 1 aliphatic rings. The molecule has 0 spiro atoms. The van der Waals surface area contributed by atoms with Crippen LogP contribution >= 0.6 is 0 Å². The van der Waals surface area contributed by atoms with Gasteiger partial charge in [-0.2, -0.15) is 13.2 Å². The number of nitrogens with zero attached hydrogens (tertiary/aromatic N) is 1. The molecular formula is C14H17F3N2O2. The van der Waals surface area contributed by atoms with Gasteiger partial charge in [0.15, 0.2) is 0 Å². The fourth-order valence-corrected chi connectivity index (χ4v) is 2.46. The molecule has 0 radical (unpaired) electrons. The second-order valence-electron chi connectivity index (χ2n) is 5.06. The van der Waals surface area contributed by atoms with Crippen molar-refractivity contribution in [3.05, 3.63) is 23.8 Å². The van der Waals surface area contributed by atoms with Crippen molar-refractivity contribution in [2.75, 3.05) is 25.9 Å². The highest BCUT2D eigenvalue weighted by atomic mass is 19.4. The Hall–Kier alpha value is -1.92. The summed E-state index contributed by atoms with van der Waals surface area (Å²) in [6.07, 6.45) is -4.29. The average molecular weight is 302 g/mol. The second kappa shape index (κ2) is 5.83. The standard InChI is InChI=1S/C14H17F3N2O2/c1-21-12-3-2-9(8-11(12)18)13(20)19-6-4-10(5-7-19)14(15,16)17/h2-3,8,10H,4-7,18H2,1H3. The van der Waals surface area contributed by atoms with E-state index in [0.717, 1.165) is 0 Å². The number of nitrogens with two attached hydrogens (primary N) is 1. The summed E-state index contributed by atoms with van der Waals surface area (Å²) in [4.78, 5) is 13.7. The minimum Gasteiger partial charge on any atom is -0.495 e. The number of carbonyl (C=O) groups excluding carboxylic acids is 1. The molecule has 0 atom stereocenters. The zero-order valence-electron chi connectivity index (χ0n) is 11.6. The number of piperidine rings is 1. The SMILES string of the molecule is COc1ccc(C(=O)N2CCC(C(F)(F)F)CC2)cc1N. The first kappa shape index (κ1) is 15.5. The number of methoxy groups -OCH3 is 1. The van der Waals surface area contributed by atoms with E-state index in [1.165, 1.54) is 18.1 Å². The number of halogens is 3. The Labute approximate surface area is 120 Å². The Balaban J connectivity index is 2.04. The lowest BCUT2D eigenvalue weighted by atomic mass is 9.96. The lowest BCUT2D eigenvalue weighted by Gasteiger charge is -2.33. The van der Waals surface area contributed by atoms with Gasteiger partial charge >= 0.3 is 6.18 Å². The third kappa shape index (κ3) is 3.40. The largest absolute Gasteiger partial charge is 0.495 e. The second-order valence-corrected chi connectivity index (χ2v) is 5.06. The summed E-state index contributed by atoms with van der Waals surface area (Å²) >= 11 is 0. The number of ether oxygens (including phenoxy) is 1. The van der Waals surface area contributed by atoms with E-state index in [-0.39, 0.29) is 31.8 Å². The Kier molecular flexibility index (Phi) is 4.29. The molecule has 0 bridgehead atoms. The van der Waals surface area contributed by atoms with E-state index in [1.807, 2.05) is 0 Å². The zero-order valence-corrected chi connectivity index (χ0v) is 11.6. The lowest BCUT2D eigenvalue weighted by molar-refractivity contribution is -0.183. The average Bonchev–Trinajstić information content (AvgIpc) is 2.45. The third-order valence-corrected chi connectivity index (χ3v) is 3.72. The van der Waals surface area contributed by atoms with Crippen LogP contribution in [-0.4, -0.2) is 37.2 Å². The number of likely N-dealkylation sites (tertiary alicyclic amines) is 1. The molecule has 1 aliphatic heterocycles.